The van der Waals surface area contributed by atoms with Gasteiger partial charge in [-0.1, -0.05) is 6.07 Å². The number of imidazole rings is 1. The molecule has 4 aliphatic rings. The monoisotopic (exact) mass is 759 g/mol. The molecule has 0 aliphatic carbocycles. The summed E-state index contributed by atoms with van der Waals surface area (Å²) < 4.78 is 28.7. The predicted molar refractivity (Wildman–Crippen MR) is 202 cm³/mol. The first-order chi connectivity index (χ1) is 26.0. The van der Waals surface area contributed by atoms with E-state index in [1.54, 1.807) is 29.8 Å². The highest BCUT2D eigenvalue weighted by atomic mass is 32.2. The van der Waals surface area contributed by atoms with Crippen molar-refractivity contribution in [2.45, 2.75) is 51.0 Å². The number of carbonyl (C=O) groups is 4. The second kappa shape index (κ2) is 14.5. The summed E-state index contributed by atoms with van der Waals surface area (Å²) >= 11 is 0.933. The second-order valence-corrected chi connectivity index (χ2v) is 15.6. The fourth-order valence-corrected chi connectivity index (χ4v) is 8.97. The average Bonchev–Trinajstić information content (AvgIpc) is 3.70. The summed E-state index contributed by atoms with van der Waals surface area (Å²) in [7, 11) is 1.69. The van der Waals surface area contributed by atoms with Crippen molar-refractivity contribution in [1.82, 2.24) is 24.1 Å². The lowest BCUT2D eigenvalue weighted by molar-refractivity contribution is -0.136. The Morgan fingerprint density at radius 1 is 0.963 bits per heavy atom. The van der Waals surface area contributed by atoms with Gasteiger partial charge in [0.05, 0.1) is 29.8 Å². The summed E-state index contributed by atoms with van der Waals surface area (Å²) in [6.07, 6.45) is 4.48. The molecule has 4 amide bonds. The Bertz CT molecular complexity index is 2230. The zero-order chi connectivity index (χ0) is 37.7. The van der Waals surface area contributed by atoms with Crippen molar-refractivity contribution in [3.63, 3.8) is 0 Å². The van der Waals surface area contributed by atoms with E-state index in [9.17, 15) is 29.1 Å². The van der Waals surface area contributed by atoms with E-state index in [0.29, 0.717) is 42.8 Å². The highest BCUT2D eigenvalue weighted by Gasteiger charge is 2.33. The lowest BCUT2D eigenvalue weighted by Gasteiger charge is -2.36. The number of hydrogen-bond donors (Lipinski definition) is 3. The molecule has 8 rings (SSSR count). The molecule has 2 atom stereocenters. The van der Waals surface area contributed by atoms with E-state index in [4.69, 9.17) is 4.74 Å². The lowest BCUT2D eigenvalue weighted by Crippen LogP contribution is -2.44. The van der Waals surface area contributed by atoms with Gasteiger partial charge in [0.15, 0.2) is 5.82 Å². The van der Waals surface area contributed by atoms with Gasteiger partial charge in [0, 0.05) is 63.1 Å². The number of aromatic hydroxyl groups is 1. The Kier molecular flexibility index (Phi) is 9.62. The Morgan fingerprint density at radius 2 is 1.78 bits per heavy atom. The highest BCUT2D eigenvalue weighted by molar-refractivity contribution is 7.99. The van der Waals surface area contributed by atoms with E-state index in [1.165, 1.54) is 14.9 Å². The van der Waals surface area contributed by atoms with Gasteiger partial charge in [-0.2, -0.15) is 0 Å². The SMILES string of the molecule is Cn1c(=O)n(C2CCC(=O)NC2=O)c2ccc(N3CCC(CC(=O)N4CCC[C@@H](COc5ccc6cc(O)c(N7CC(=O)NS7)c(F)c6c5)C4)CC3)cc21. The smallest absolute Gasteiger partial charge is 0.329 e. The van der Waals surface area contributed by atoms with Gasteiger partial charge < -0.3 is 19.6 Å². The number of aromatic nitrogens is 2. The van der Waals surface area contributed by atoms with Crippen LogP contribution in [0.15, 0.2) is 47.3 Å². The predicted octanol–water partition coefficient (Wildman–Crippen LogP) is 3.74. The Labute approximate surface area is 314 Å². The van der Waals surface area contributed by atoms with E-state index in [0.717, 1.165) is 62.1 Å². The Morgan fingerprint density at radius 3 is 2.54 bits per heavy atom. The third kappa shape index (κ3) is 6.82. The molecule has 14 nitrogen and oxygen atoms in total. The molecule has 4 aliphatic heterocycles. The number of anilines is 2. The van der Waals surface area contributed by atoms with E-state index >= 15 is 4.39 Å². The molecule has 0 bridgehead atoms. The molecule has 5 heterocycles. The van der Waals surface area contributed by atoms with Gasteiger partial charge in [0.25, 0.3) is 5.91 Å². The van der Waals surface area contributed by atoms with Crippen LogP contribution in [0.1, 0.15) is 51.0 Å². The molecule has 4 aromatic rings. The number of rotatable bonds is 8. The standard InChI is InChI=1S/C38H42FN7O7S/c1-42-30-17-25(5-7-28(30)46(38(42)52)29-8-9-32(48)40-37(29)51)43-13-10-22(11-14-43)15-34(50)44-12-2-3-23(19-44)21-53-26-6-4-24-16-31(47)36(35(39)27(24)18-26)45-20-33(49)41-54-45/h4-7,16-18,22-23,29,47H,2-3,8-15,19-21H2,1H3,(H,41,49)(H,40,48,51)/t23-,29?/m1/s1. The fraction of sp³-hybridized carbons (Fsp3) is 0.447. The molecule has 54 heavy (non-hydrogen) atoms. The number of aryl methyl sites for hydroxylation is 1. The van der Waals surface area contributed by atoms with Crippen LogP contribution < -0.4 is 29.7 Å². The van der Waals surface area contributed by atoms with Crippen LogP contribution in [-0.2, 0) is 26.2 Å². The summed E-state index contributed by atoms with van der Waals surface area (Å²) in [5.41, 5.74) is 2.01. The molecular weight excluding hydrogens is 718 g/mol. The summed E-state index contributed by atoms with van der Waals surface area (Å²) in [5.74, 6) is -0.895. The van der Waals surface area contributed by atoms with Crippen molar-refractivity contribution in [2.24, 2.45) is 18.9 Å². The molecule has 1 aromatic heterocycles. The van der Waals surface area contributed by atoms with Crippen molar-refractivity contribution < 1.29 is 33.4 Å². The first-order valence-corrected chi connectivity index (χ1v) is 19.2. The molecule has 4 saturated heterocycles. The number of ether oxygens (including phenoxy) is 1. The minimum Gasteiger partial charge on any atom is -0.506 e. The van der Waals surface area contributed by atoms with Crippen LogP contribution in [0.2, 0.25) is 0 Å². The van der Waals surface area contributed by atoms with Crippen LogP contribution in [0.25, 0.3) is 21.8 Å². The number of amides is 4. The van der Waals surface area contributed by atoms with Crippen molar-refractivity contribution >= 4 is 68.9 Å². The maximum Gasteiger partial charge on any atom is 0.329 e. The molecular formula is C38H42FN7O7S. The number of phenolic OH excluding ortho intramolecular Hbond substituents is 1. The molecule has 1 unspecified atom stereocenters. The normalized spacial score (nSPS) is 21.2. The number of nitrogens with zero attached hydrogens (tertiary/aromatic N) is 5. The minimum absolute atomic E-state index is 0.0519. The summed E-state index contributed by atoms with van der Waals surface area (Å²) in [4.78, 5) is 66.8. The number of likely N-dealkylation sites (tertiary alicyclic amines) is 1. The number of hydrogen-bond acceptors (Lipinski definition) is 10. The number of nitrogens with one attached hydrogen (secondary N) is 2. The van der Waals surface area contributed by atoms with Crippen LogP contribution >= 0.6 is 12.1 Å². The number of fused-ring (bicyclic) bond motifs is 2. The van der Waals surface area contributed by atoms with Crippen molar-refractivity contribution in [3.8, 4) is 11.5 Å². The first-order valence-electron chi connectivity index (χ1n) is 18.4. The highest BCUT2D eigenvalue weighted by Crippen LogP contribution is 2.41. The van der Waals surface area contributed by atoms with Crippen LogP contribution in [0.5, 0.6) is 11.5 Å². The van der Waals surface area contributed by atoms with Crippen LogP contribution in [-0.4, -0.2) is 82.1 Å². The summed E-state index contributed by atoms with van der Waals surface area (Å²) in [6, 6.07) is 11.6. The maximum atomic E-state index is 15.6. The van der Waals surface area contributed by atoms with Gasteiger partial charge in [-0.05, 0) is 79.8 Å². The van der Waals surface area contributed by atoms with E-state index in [1.807, 2.05) is 23.1 Å². The first kappa shape index (κ1) is 35.8. The molecule has 0 saturated carbocycles. The van der Waals surface area contributed by atoms with Gasteiger partial charge in [0.2, 0.25) is 17.7 Å². The van der Waals surface area contributed by atoms with Crippen LogP contribution in [0.4, 0.5) is 15.8 Å². The number of piperidine rings is 3. The largest absolute Gasteiger partial charge is 0.506 e. The number of phenols is 1. The molecule has 284 valence electrons. The van der Waals surface area contributed by atoms with Crippen LogP contribution in [0, 0.1) is 17.7 Å². The third-order valence-corrected chi connectivity index (χ3v) is 12.1. The molecule has 0 spiro atoms. The third-order valence-electron chi connectivity index (χ3n) is 11.2. The van der Waals surface area contributed by atoms with E-state index in [2.05, 4.69) is 14.9 Å². The van der Waals surface area contributed by atoms with E-state index < -0.39 is 17.8 Å². The van der Waals surface area contributed by atoms with E-state index in [-0.39, 0.29) is 71.5 Å². The van der Waals surface area contributed by atoms with Crippen molar-refractivity contribution in [3.05, 3.63) is 58.8 Å². The zero-order valence-electron chi connectivity index (χ0n) is 29.9. The number of benzene rings is 3. The van der Waals surface area contributed by atoms with Gasteiger partial charge in [-0.25, -0.2) is 9.18 Å². The molecule has 0 radical (unpaired) electrons. The topological polar surface area (TPSA) is 158 Å². The van der Waals surface area contributed by atoms with Crippen molar-refractivity contribution in [2.75, 3.05) is 48.5 Å². The van der Waals surface area contributed by atoms with Gasteiger partial charge in [-0.15, -0.1) is 0 Å². The zero-order valence-corrected chi connectivity index (χ0v) is 30.7. The minimum atomic E-state index is -0.727. The molecule has 3 N–H and O–H groups in total. The Hall–Kier alpha value is -5.25. The average molecular weight is 760 g/mol. The maximum absolute atomic E-state index is 15.6. The molecule has 4 fully saturated rings. The van der Waals surface area contributed by atoms with Gasteiger partial charge in [-0.3, -0.25) is 42.7 Å². The summed E-state index contributed by atoms with van der Waals surface area (Å²) in [5, 5.41) is 13.6. The van der Waals surface area contributed by atoms with Gasteiger partial charge in [0.1, 0.15) is 29.8 Å². The Balaban J connectivity index is 0.850. The molecule has 16 heteroatoms. The number of imide groups is 1. The number of halogens is 1. The number of carbonyl (C=O) groups excluding carboxylic acids is 4. The van der Waals surface area contributed by atoms with Gasteiger partial charge >= 0.3 is 5.69 Å². The van der Waals surface area contributed by atoms with Crippen molar-refractivity contribution in [1.29, 1.82) is 0 Å². The quantitative estimate of drug-likeness (QED) is 0.179. The second-order valence-electron chi connectivity index (χ2n) is 14.7. The summed E-state index contributed by atoms with van der Waals surface area (Å²) in [6.45, 7) is 3.18. The van der Waals surface area contributed by atoms with Crippen LogP contribution in [0.3, 0.4) is 0 Å². The molecule has 3 aromatic carbocycles. The lowest BCUT2D eigenvalue weighted by atomic mass is 9.91. The fourth-order valence-electron chi connectivity index (χ4n) is 8.25.